The number of anilines is 2. The molecule has 58 heavy (non-hydrogen) atoms. The number of ether oxygens (including phenoxy) is 2. The number of methoxy groups -OCH3 is 1. The summed E-state index contributed by atoms with van der Waals surface area (Å²) in [6.45, 7) is 8.60. The van der Waals surface area contributed by atoms with E-state index in [1.54, 1.807) is 52.9 Å². The van der Waals surface area contributed by atoms with E-state index in [9.17, 15) is 19.2 Å². The summed E-state index contributed by atoms with van der Waals surface area (Å²) < 4.78 is 14.1. The molecule has 2 aromatic heterocycles. The van der Waals surface area contributed by atoms with Crippen molar-refractivity contribution < 1.29 is 28.7 Å². The van der Waals surface area contributed by atoms with E-state index in [0.29, 0.717) is 59.4 Å². The summed E-state index contributed by atoms with van der Waals surface area (Å²) in [6.07, 6.45) is 4.58. The molecule has 2 aromatic carbocycles. The van der Waals surface area contributed by atoms with Gasteiger partial charge in [-0.15, -0.1) is 0 Å². The Kier molecular flexibility index (Phi) is 11.9. The average molecular weight is 834 g/mol. The quantitative estimate of drug-likeness (QED) is 0.175. The van der Waals surface area contributed by atoms with Gasteiger partial charge in [0.1, 0.15) is 5.60 Å². The van der Waals surface area contributed by atoms with E-state index in [0.717, 1.165) is 62.3 Å². The summed E-state index contributed by atoms with van der Waals surface area (Å²) in [6, 6.07) is 10.5. The van der Waals surface area contributed by atoms with Crippen molar-refractivity contribution in [1.29, 1.82) is 0 Å². The van der Waals surface area contributed by atoms with Gasteiger partial charge in [-0.3, -0.25) is 19.3 Å². The third-order valence-electron chi connectivity index (χ3n) is 11.3. The summed E-state index contributed by atoms with van der Waals surface area (Å²) in [5.74, 6) is 0.0390. The minimum atomic E-state index is -0.625. The number of carbonyl (C=O) groups excluding carboxylic acids is 4. The highest BCUT2D eigenvalue weighted by Gasteiger charge is 2.32. The monoisotopic (exact) mass is 832 g/mol. The maximum Gasteiger partial charge on any atom is 0.410 e. The number of aromatic nitrogens is 4. The second-order valence-electron chi connectivity index (χ2n) is 16.4. The van der Waals surface area contributed by atoms with Gasteiger partial charge in [0.05, 0.1) is 52.4 Å². The molecule has 7 rings (SSSR count). The lowest BCUT2D eigenvalue weighted by molar-refractivity contribution is -0.146. The molecule has 14 nitrogen and oxygen atoms in total. The first-order valence-electron chi connectivity index (χ1n) is 19.7. The van der Waals surface area contributed by atoms with Gasteiger partial charge in [0.25, 0.3) is 11.8 Å². The van der Waals surface area contributed by atoms with Gasteiger partial charge in [0, 0.05) is 75.6 Å². The van der Waals surface area contributed by atoms with Crippen molar-refractivity contribution >= 4 is 58.5 Å². The normalized spacial score (nSPS) is 18.2. The molecule has 1 fully saturated rings. The minimum absolute atomic E-state index is 0.00221. The molecule has 2 aliphatic heterocycles. The highest BCUT2D eigenvalue weighted by Crippen LogP contribution is 2.40. The number of esters is 1. The zero-order valence-corrected chi connectivity index (χ0v) is 35.3. The van der Waals surface area contributed by atoms with Crippen LogP contribution in [0.1, 0.15) is 90.5 Å². The maximum absolute atomic E-state index is 13.7. The number of benzene rings is 2. The van der Waals surface area contributed by atoms with E-state index in [1.807, 2.05) is 32.4 Å². The lowest BCUT2D eigenvalue weighted by Crippen LogP contribution is -2.40. The Bertz CT molecular complexity index is 2250. The van der Waals surface area contributed by atoms with E-state index in [1.165, 1.54) is 7.11 Å². The van der Waals surface area contributed by atoms with E-state index >= 15 is 0 Å². The van der Waals surface area contributed by atoms with Crippen LogP contribution >= 0.6 is 23.2 Å². The molecule has 0 saturated heterocycles. The lowest BCUT2D eigenvalue weighted by atomic mass is 9.81. The van der Waals surface area contributed by atoms with Crippen LogP contribution in [0.3, 0.4) is 0 Å². The standard InChI is InChI=1S/C42H50Cl2N8O6/c1-42(2,3)58-41(56)52-20-18-33-31(23-52)46-37(50(33)5)39(54)48-29-12-8-10-27(35(29)44)26-9-7-11-28(34(26)43)47-38(53)36-45-30-22-51(19-17-32(30)49(36)4)21-24-13-15-25(16-14-24)40(55)57-6/h7-12,24-25H,13-23H2,1-6H3,(H,47,53)(H,48,54). The first kappa shape index (κ1) is 41.2. The molecule has 3 amide bonds. The van der Waals surface area contributed by atoms with Gasteiger partial charge in [-0.25, -0.2) is 14.8 Å². The molecule has 1 aliphatic carbocycles. The van der Waals surface area contributed by atoms with Gasteiger partial charge in [-0.1, -0.05) is 47.5 Å². The van der Waals surface area contributed by atoms with Crippen molar-refractivity contribution in [2.45, 2.75) is 78.0 Å². The van der Waals surface area contributed by atoms with Crippen LogP contribution in [0.15, 0.2) is 36.4 Å². The third kappa shape index (κ3) is 8.60. The molecule has 3 aliphatic rings. The van der Waals surface area contributed by atoms with Gasteiger partial charge in [-0.2, -0.15) is 0 Å². The molecule has 0 radical (unpaired) electrons. The second-order valence-corrected chi connectivity index (χ2v) is 17.2. The molecule has 0 atom stereocenters. The summed E-state index contributed by atoms with van der Waals surface area (Å²) in [5.41, 5.74) is 4.66. The van der Waals surface area contributed by atoms with Crippen LogP contribution in [0, 0.1) is 11.8 Å². The number of carbonyl (C=O) groups is 4. The molecular weight excluding hydrogens is 783 g/mol. The predicted molar refractivity (Wildman–Crippen MR) is 221 cm³/mol. The van der Waals surface area contributed by atoms with Crippen LogP contribution < -0.4 is 10.6 Å². The SMILES string of the molecule is COC(=O)C1CCC(CN2CCc3c(nc(C(=O)Nc4cccc(-c5cccc(NC(=O)c6nc7c(n6C)CCN(C(=O)OC(C)(C)C)C7)c5Cl)c4Cl)n3C)C2)CC1. The van der Waals surface area contributed by atoms with Gasteiger partial charge in [0.2, 0.25) is 0 Å². The van der Waals surface area contributed by atoms with Crippen LogP contribution in [-0.2, 0) is 54.3 Å². The molecule has 2 N–H and O–H groups in total. The Morgan fingerprint density at radius 2 is 1.29 bits per heavy atom. The minimum Gasteiger partial charge on any atom is -0.469 e. The van der Waals surface area contributed by atoms with Gasteiger partial charge in [-0.05, 0) is 64.5 Å². The fourth-order valence-electron chi connectivity index (χ4n) is 8.30. The number of halogens is 2. The number of amides is 3. The molecule has 0 spiro atoms. The second kappa shape index (κ2) is 16.7. The topological polar surface area (TPSA) is 153 Å². The number of imidazole rings is 2. The molecular formula is C42H50Cl2N8O6. The first-order valence-corrected chi connectivity index (χ1v) is 20.4. The molecule has 1 saturated carbocycles. The fourth-order valence-corrected chi connectivity index (χ4v) is 8.85. The first-order chi connectivity index (χ1) is 27.6. The van der Waals surface area contributed by atoms with E-state index in [2.05, 4.69) is 20.5 Å². The number of hydrogen-bond donors (Lipinski definition) is 2. The molecule has 0 unspecified atom stereocenters. The van der Waals surface area contributed by atoms with Crippen molar-refractivity contribution in [3.63, 3.8) is 0 Å². The van der Waals surface area contributed by atoms with Gasteiger partial charge >= 0.3 is 12.1 Å². The Morgan fingerprint density at radius 3 is 1.81 bits per heavy atom. The van der Waals surface area contributed by atoms with Crippen molar-refractivity contribution in [1.82, 2.24) is 28.9 Å². The highest BCUT2D eigenvalue weighted by atomic mass is 35.5. The average Bonchev–Trinajstić information content (AvgIpc) is 3.71. The molecule has 308 valence electrons. The van der Waals surface area contributed by atoms with Crippen LogP contribution in [-0.4, -0.2) is 85.1 Å². The molecule has 0 bridgehead atoms. The third-order valence-corrected chi connectivity index (χ3v) is 12.1. The van der Waals surface area contributed by atoms with E-state index in [-0.39, 0.29) is 40.2 Å². The van der Waals surface area contributed by atoms with Gasteiger partial charge in [0.15, 0.2) is 11.6 Å². The number of fused-ring (bicyclic) bond motifs is 2. The van der Waals surface area contributed by atoms with E-state index < -0.39 is 17.6 Å². The predicted octanol–water partition coefficient (Wildman–Crippen LogP) is 7.26. The summed E-state index contributed by atoms with van der Waals surface area (Å²) in [4.78, 5) is 65.4. The lowest BCUT2D eigenvalue weighted by Gasteiger charge is -2.33. The fraction of sp³-hybridized carbons (Fsp3) is 0.476. The Balaban J connectivity index is 1.01. The molecule has 16 heteroatoms. The number of nitrogens with zero attached hydrogens (tertiary/aromatic N) is 6. The van der Waals surface area contributed by atoms with Crippen molar-refractivity contribution in [2.24, 2.45) is 25.9 Å². The zero-order valence-electron chi connectivity index (χ0n) is 33.8. The van der Waals surface area contributed by atoms with Crippen LogP contribution in [0.2, 0.25) is 10.0 Å². The van der Waals surface area contributed by atoms with Gasteiger partial charge < -0.3 is 34.1 Å². The van der Waals surface area contributed by atoms with Crippen LogP contribution in [0.25, 0.3) is 11.1 Å². The van der Waals surface area contributed by atoms with Crippen LogP contribution in [0.4, 0.5) is 16.2 Å². The largest absolute Gasteiger partial charge is 0.469 e. The molecule has 4 heterocycles. The summed E-state index contributed by atoms with van der Waals surface area (Å²) in [5, 5.41) is 6.39. The van der Waals surface area contributed by atoms with E-state index in [4.69, 9.17) is 37.7 Å². The maximum atomic E-state index is 13.7. The Hall–Kier alpha value is -4.92. The molecule has 4 aromatic rings. The number of rotatable bonds is 8. The zero-order chi connectivity index (χ0) is 41.5. The van der Waals surface area contributed by atoms with Crippen molar-refractivity contribution in [2.75, 3.05) is 37.4 Å². The summed E-state index contributed by atoms with van der Waals surface area (Å²) >= 11 is 13.9. The number of hydrogen-bond acceptors (Lipinski definition) is 9. The summed E-state index contributed by atoms with van der Waals surface area (Å²) in [7, 11) is 5.09. The van der Waals surface area contributed by atoms with Crippen LogP contribution in [0.5, 0.6) is 0 Å². The van der Waals surface area contributed by atoms with Crippen molar-refractivity contribution in [3.8, 4) is 11.1 Å². The Morgan fingerprint density at radius 1 is 0.776 bits per heavy atom. The van der Waals surface area contributed by atoms with Crippen molar-refractivity contribution in [3.05, 3.63) is 80.9 Å². The number of nitrogens with one attached hydrogen (secondary N) is 2. The highest BCUT2D eigenvalue weighted by molar-refractivity contribution is 6.40. The Labute approximate surface area is 348 Å². The smallest absolute Gasteiger partial charge is 0.410 e.